The molecule has 88 valence electrons. The maximum Gasteiger partial charge on any atom is 0.185 e. The van der Waals surface area contributed by atoms with Crippen molar-refractivity contribution in [3.8, 4) is 0 Å². The SMILES string of the molecule is CC(C)(C)n1c(=O)[cH-]c2cc(N)ccc21.[Fe]. The maximum atomic E-state index is 11.8. The number of benzene rings is 1. The van der Waals surface area contributed by atoms with E-state index in [0.717, 1.165) is 10.9 Å². The molecule has 2 aromatic rings. The molecule has 0 aliphatic carbocycles. The first-order valence-electron chi connectivity index (χ1n) is 4.98. The quantitative estimate of drug-likeness (QED) is 0.447. The Morgan fingerprint density at radius 1 is 1.31 bits per heavy atom. The summed E-state index contributed by atoms with van der Waals surface area (Å²) in [7, 11) is 0. The van der Waals surface area contributed by atoms with Gasteiger partial charge in [0.25, 0.3) is 0 Å². The van der Waals surface area contributed by atoms with Gasteiger partial charge in [-0.25, -0.2) is 0 Å². The van der Waals surface area contributed by atoms with Crippen LogP contribution in [0, 0.1) is 0 Å². The summed E-state index contributed by atoms with van der Waals surface area (Å²) in [4.78, 5) is 11.8. The summed E-state index contributed by atoms with van der Waals surface area (Å²) in [5.74, 6) is 0. The van der Waals surface area contributed by atoms with Crippen LogP contribution in [0.2, 0.25) is 0 Å². The van der Waals surface area contributed by atoms with Crippen molar-refractivity contribution in [1.82, 2.24) is 4.57 Å². The van der Waals surface area contributed by atoms with Crippen molar-refractivity contribution < 1.29 is 17.1 Å². The molecule has 4 heteroatoms. The zero-order valence-electron chi connectivity index (χ0n) is 9.60. The van der Waals surface area contributed by atoms with E-state index in [4.69, 9.17) is 5.73 Å². The van der Waals surface area contributed by atoms with Gasteiger partial charge in [0.2, 0.25) is 0 Å². The standard InChI is InChI=1S/C12H15N2O.Fe/c1-12(2,3)14-10-5-4-9(13)6-8(10)7-11(14)15;/h4-7H,13H2,1-3H3;/q-1;. The molecule has 0 saturated heterocycles. The Kier molecular flexibility index (Phi) is 3.27. The largest absolute Gasteiger partial charge is 0.409 e. The number of aromatic nitrogens is 1. The Labute approximate surface area is 105 Å². The minimum absolute atomic E-state index is 0. The molecule has 0 bridgehead atoms. The van der Waals surface area contributed by atoms with Gasteiger partial charge in [0.05, 0.1) is 0 Å². The van der Waals surface area contributed by atoms with Crippen molar-refractivity contribution in [2.75, 3.05) is 5.73 Å². The van der Waals surface area contributed by atoms with Crippen molar-refractivity contribution in [2.45, 2.75) is 26.3 Å². The average Bonchev–Trinajstić information content (AvgIpc) is 2.38. The smallest absolute Gasteiger partial charge is 0.185 e. The molecule has 0 saturated carbocycles. The molecule has 0 aliphatic heterocycles. The fourth-order valence-electron chi connectivity index (χ4n) is 1.90. The molecule has 16 heavy (non-hydrogen) atoms. The fourth-order valence-corrected chi connectivity index (χ4v) is 1.90. The summed E-state index contributed by atoms with van der Waals surface area (Å²) in [6.07, 6.45) is 0. The summed E-state index contributed by atoms with van der Waals surface area (Å²) in [6.45, 7) is 6.05. The average molecular weight is 259 g/mol. The van der Waals surface area contributed by atoms with Crippen LogP contribution in [0.25, 0.3) is 10.9 Å². The van der Waals surface area contributed by atoms with Gasteiger partial charge >= 0.3 is 0 Å². The zero-order chi connectivity index (χ0) is 11.2. The van der Waals surface area contributed by atoms with E-state index >= 15 is 0 Å². The topological polar surface area (TPSA) is 48.0 Å². The Bertz CT molecular complexity index is 560. The van der Waals surface area contributed by atoms with Crippen LogP contribution in [0.3, 0.4) is 0 Å². The Morgan fingerprint density at radius 2 is 1.94 bits per heavy atom. The maximum absolute atomic E-state index is 11.8. The van der Waals surface area contributed by atoms with Gasteiger partial charge in [-0.15, -0.1) is 6.07 Å². The van der Waals surface area contributed by atoms with Crippen LogP contribution in [0.5, 0.6) is 0 Å². The fraction of sp³-hybridized carbons (Fsp3) is 0.333. The summed E-state index contributed by atoms with van der Waals surface area (Å²) >= 11 is 0. The second kappa shape index (κ2) is 4.04. The minimum atomic E-state index is -0.199. The van der Waals surface area contributed by atoms with Gasteiger partial charge in [0.1, 0.15) is 0 Å². The number of hydrogen-bond acceptors (Lipinski definition) is 2. The first-order chi connectivity index (χ1) is 6.89. The van der Waals surface area contributed by atoms with E-state index in [1.165, 1.54) is 0 Å². The monoisotopic (exact) mass is 259 g/mol. The van der Waals surface area contributed by atoms with Crippen LogP contribution in [-0.2, 0) is 22.6 Å². The van der Waals surface area contributed by atoms with Gasteiger partial charge < -0.3 is 10.3 Å². The predicted molar refractivity (Wildman–Crippen MR) is 63.2 cm³/mol. The Balaban J connectivity index is 0.00000128. The van der Waals surface area contributed by atoms with Crippen LogP contribution in [0.15, 0.2) is 29.1 Å². The number of nitrogen functional groups attached to an aromatic ring is 1. The molecule has 1 aromatic heterocycles. The first kappa shape index (κ1) is 12.9. The van der Waals surface area contributed by atoms with Crippen molar-refractivity contribution >= 4 is 16.6 Å². The molecule has 0 fully saturated rings. The van der Waals surface area contributed by atoms with Gasteiger partial charge in [0, 0.05) is 22.6 Å². The number of nitrogens with two attached hydrogens (primary N) is 1. The van der Waals surface area contributed by atoms with Crippen LogP contribution in [0.4, 0.5) is 5.69 Å². The van der Waals surface area contributed by atoms with Crippen molar-refractivity contribution in [3.63, 3.8) is 0 Å². The molecule has 3 nitrogen and oxygen atoms in total. The van der Waals surface area contributed by atoms with Crippen molar-refractivity contribution in [1.29, 1.82) is 0 Å². The van der Waals surface area contributed by atoms with Gasteiger partial charge in [0.15, 0.2) is 5.56 Å². The molecule has 0 radical (unpaired) electrons. The van der Waals surface area contributed by atoms with Gasteiger partial charge in [-0.05, 0) is 26.5 Å². The van der Waals surface area contributed by atoms with E-state index < -0.39 is 0 Å². The second-order valence-corrected chi connectivity index (χ2v) is 4.81. The van der Waals surface area contributed by atoms with Crippen LogP contribution >= 0.6 is 0 Å². The van der Waals surface area contributed by atoms with Gasteiger partial charge in [-0.2, -0.15) is 5.39 Å². The van der Waals surface area contributed by atoms with Gasteiger partial charge in [-0.1, -0.05) is 23.7 Å². The summed E-state index contributed by atoms with van der Waals surface area (Å²) in [6, 6.07) is 7.19. The Hall–Kier alpha value is -1.12. The molecule has 2 N–H and O–H groups in total. The number of nitrogens with zero attached hydrogens (tertiary/aromatic N) is 1. The minimum Gasteiger partial charge on any atom is -0.409 e. The van der Waals surface area contributed by atoms with E-state index in [1.54, 1.807) is 10.6 Å². The molecule has 0 unspecified atom stereocenters. The molecule has 0 atom stereocenters. The number of anilines is 1. The van der Waals surface area contributed by atoms with Crippen molar-refractivity contribution in [2.24, 2.45) is 0 Å². The second-order valence-electron chi connectivity index (χ2n) is 4.81. The Morgan fingerprint density at radius 3 is 2.50 bits per heavy atom. The summed E-state index contributed by atoms with van der Waals surface area (Å²) in [5, 5.41) is 0.912. The van der Waals surface area contributed by atoms with Crippen LogP contribution < -0.4 is 11.3 Å². The normalized spacial score (nSPS) is 11.4. The predicted octanol–water partition coefficient (Wildman–Crippen LogP) is 2.06. The molecular formula is C12H15FeN2O-. The molecule has 0 amide bonds. The van der Waals surface area contributed by atoms with E-state index in [1.807, 2.05) is 39.0 Å². The molecular weight excluding hydrogens is 244 g/mol. The van der Waals surface area contributed by atoms with E-state index in [9.17, 15) is 4.79 Å². The molecule has 0 aliphatic rings. The number of fused-ring (bicyclic) bond motifs is 1. The van der Waals surface area contributed by atoms with E-state index in [2.05, 4.69) is 0 Å². The van der Waals surface area contributed by atoms with E-state index in [-0.39, 0.29) is 28.2 Å². The third-order valence-corrected chi connectivity index (χ3v) is 2.46. The van der Waals surface area contributed by atoms with Crippen LogP contribution in [0.1, 0.15) is 20.8 Å². The summed E-state index contributed by atoms with van der Waals surface area (Å²) in [5.41, 5.74) is 7.15. The van der Waals surface area contributed by atoms with Crippen LogP contribution in [-0.4, -0.2) is 4.57 Å². The van der Waals surface area contributed by atoms with E-state index in [0.29, 0.717) is 5.69 Å². The molecule has 1 heterocycles. The summed E-state index contributed by atoms with van der Waals surface area (Å²) < 4.78 is 1.79. The number of rotatable bonds is 0. The van der Waals surface area contributed by atoms with Gasteiger partial charge in [-0.3, -0.25) is 4.79 Å². The number of hydrogen-bond donors (Lipinski definition) is 1. The molecule has 0 spiro atoms. The third kappa shape index (κ3) is 2.04. The van der Waals surface area contributed by atoms with Crippen molar-refractivity contribution in [3.05, 3.63) is 34.6 Å². The molecule has 1 aromatic carbocycles. The third-order valence-electron chi connectivity index (χ3n) is 2.46. The molecule has 2 rings (SSSR count). The zero-order valence-corrected chi connectivity index (χ0v) is 10.7. The first-order valence-corrected chi connectivity index (χ1v) is 4.98.